The molecule has 2 aromatic rings. The number of anilines is 1. The van der Waals surface area contributed by atoms with Crippen molar-refractivity contribution in [3.05, 3.63) is 83.9 Å². The molecule has 2 aliphatic rings. The minimum absolute atomic E-state index is 0.606. The Morgan fingerprint density at radius 2 is 1.41 bits per heavy atom. The van der Waals surface area contributed by atoms with Crippen molar-refractivity contribution in [2.75, 3.05) is 5.32 Å². The van der Waals surface area contributed by atoms with Gasteiger partial charge < -0.3 is 10.1 Å². The maximum atomic E-state index is 5.80. The third-order valence-corrected chi connectivity index (χ3v) is 3.93. The first-order valence-electron chi connectivity index (χ1n) is 7.53. The van der Waals surface area contributed by atoms with Crippen LogP contribution in [0.15, 0.2) is 72.8 Å². The monoisotopic (exact) mass is 287 g/mol. The molecule has 0 radical (unpaired) electrons. The Morgan fingerprint density at radius 3 is 2.14 bits per heavy atom. The number of fused-ring (bicyclic) bond motifs is 1. The van der Waals surface area contributed by atoms with Gasteiger partial charge in [0.25, 0.3) is 0 Å². The highest BCUT2D eigenvalue weighted by Gasteiger charge is 2.22. The molecular formula is C20H17NO. The van der Waals surface area contributed by atoms with Gasteiger partial charge in [-0.2, -0.15) is 0 Å². The first kappa shape index (κ1) is 13.0. The maximum absolute atomic E-state index is 5.80. The van der Waals surface area contributed by atoms with Crippen LogP contribution in [0.5, 0.6) is 5.75 Å². The Morgan fingerprint density at radius 1 is 0.682 bits per heavy atom. The summed E-state index contributed by atoms with van der Waals surface area (Å²) in [5.74, 6) is 0.906. The molecule has 0 bridgehead atoms. The molecule has 0 spiro atoms. The van der Waals surface area contributed by atoms with Gasteiger partial charge in [-0.25, -0.2) is 0 Å². The lowest BCUT2D eigenvalue weighted by atomic mass is 10.2. The Bertz CT molecular complexity index is 733. The van der Waals surface area contributed by atoms with Crippen LogP contribution < -0.4 is 10.1 Å². The zero-order valence-corrected chi connectivity index (χ0v) is 12.3. The van der Waals surface area contributed by atoms with Gasteiger partial charge in [0.2, 0.25) is 0 Å². The van der Waals surface area contributed by atoms with Gasteiger partial charge in [-0.15, -0.1) is 0 Å². The molecule has 1 N–H and O–H groups in total. The van der Waals surface area contributed by atoms with Crippen LogP contribution in [0.2, 0.25) is 0 Å². The highest BCUT2D eigenvalue weighted by Crippen LogP contribution is 2.48. The van der Waals surface area contributed by atoms with E-state index >= 15 is 0 Å². The van der Waals surface area contributed by atoms with Gasteiger partial charge in [-0.1, -0.05) is 60.7 Å². The van der Waals surface area contributed by atoms with E-state index in [2.05, 4.69) is 47.8 Å². The van der Waals surface area contributed by atoms with E-state index in [0.29, 0.717) is 6.61 Å². The van der Waals surface area contributed by atoms with Gasteiger partial charge in [0.15, 0.2) is 0 Å². The molecule has 2 aromatic carbocycles. The highest BCUT2D eigenvalue weighted by atomic mass is 16.5. The molecule has 0 unspecified atom stereocenters. The van der Waals surface area contributed by atoms with Crippen molar-refractivity contribution in [2.45, 2.75) is 13.2 Å². The second-order valence-electron chi connectivity index (χ2n) is 5.50. The predicted molar refractivity (Wildman–Crippen MR) is 90.0 cm³/mol. The minimum Gasteiger partial charge on any atom is -0.489 e. The molecule has 0 fully saturated rings. The van der Waals surface area contributed by atoms with Crippen LogP contribution in [0.4, 0.5) is 5.69 Å². The Kier molecular flexibility index (Phi) is 3.28. The van der Waals surface area contributed by atoms with Crippen molar-refractivity contribution in [1.82, 2.24) is 0 Å². The van der Waals surface area contributed by atoms with E-state index < -0.39 is 0 Å². The summed E-state index contributed by atoms with van der Waals surface area (Å²) in [6.45, 7) is 1.46. The van der Waals surface area contributed by atoms with Gasteiger partial charge in [-0.3, -0.25) is 0 Å². The molecular weight excluding hydrogens is 270 g/mol. The fraction of sp³-hybridized carbons (Fsp3) is 0.100. The zero-order valence-electron chi connectivity index (χ0n) is 12.3. The molecule has 2 nitrogen and oxygen atoms in total. The summed E-state index contributed by atoms with van der Waals surface area (Å²) in [4.78, 5) is 0. The lowest BCUT2D eigenvalue weighted by molar-refractivity contribution is 0.306. The summed E-state index contributed by atoms with van der Waals surface area (Å²) in [6, 6.07) is 24.9. The van der Waals surface area contributed by atoms with Crippen LogP contribution >= 0.6 is 0 Å². The standard InChI is InChI=1S/C20H17NO/c1-2-5-16(6-3-1)14-22-17-11-9-15(10-12-17)13-21-20-18-7-4-8-19(18)20/h1-12,21H,13-14H2. The van der Waals surface area contributed by atoms with Crippen molar-refractivity contribution in [3.8, 4) is 16.9 Å². The van der Waals surface area contributed by atoms with E-state index in [9.17, 15) is 0 Å². The number of benzene rings is 3. The van der Waals surface area contributed by atoms with Crippen molar-refractivity contribution in [3.63, 3.8) is 0 Å². The molecule has 0 aliphatic heterocycles. The van der Waals surface area contributed by atoms with Crippen LogP contribution in [0.25, 0.3) is 11.1 Å². The van der Waals surface area contributed by atoms with Gasteiger partial charge >= 0.3 is 0 Å². The van der Waals surface area contributed by atoms with E-state index in [1.807, 2.05) is 30.3 Å². The summed E-state index contributed by atoms with van der Waals surface area (Å²) in [5, 5.41) is 3.47. The summed E-state index contributed by atoms with van der Waals surface area (Å²) in [5.41, 5.74) is 6.47. The Hall–Kier alpha value is -2.74. The summed E-state index contributed by atoms with van der Waals surface area (Å²) >= 11 is 0. The van der Waals surface area contributed by atoms with Gasteiger partial charge in [0.1, 0.15) is 12.4 Å². The van der Waals surface area contributed by atoms with Gasteiger partial charge in [0.05, 0.1) is 5.69 Å². The SMILES string of the molecule is c1ccc(COc2ccc(CNc3c4cccc3-4)cc2)cc1. The minimum atomic E-state index is 0.606. The van der Waals surface area contributed by atoms with Crippen molar-refractivity contribution < 1.29 is 4.74 Å². The number of para-hydroxylation sites is 1. The lowest BCUT2D eigenvalue weighted by Crippen LogP contribution is -1.97. The van der Waals surface area contributed by atoms with Crippen LogP contribution in [-0.2, 0) is 13.2 Å². The van der Waals surface area contributed by atoms with Crippen LogP contribution in [0.3, 0.4) is 0 Å². The van der Waals surface area contributed by atoms with Crippen molar-refractivity contribution >= 4 is 5.69 Å². The fourth-order valence-corrected chi connectivity index (χ4v) is 2.63. The third kappa shape index (κ3) is 2.68. The van der Waals surface area contributed by atoms with E-state index in [1.54, 1.807) is 0 Å². The van der Waals surface area contributed by atoms with E-state index in [1.165, 1.54) is 27.9 Å². The second-order valence-corrected chi connectivity index (χ2v) is 5.50. The van der Waals surface area contributed by atoms with E-state index in [0.717, 1.165) is 12.3 Å². The molecule has 0 saturated heterocycles. The van der Waals surface area contributed by atoms with Gasteiger partial charge in [-0.05, 0) is 23.3 Å². The lowest BCUT2D eigenvalue weighted by Gasteiger charge is -2.07. The molecule has 0 heterocycles. The molecule has 0 atom stereocenters. The van der Waals surface area contributed by atoms with Crippen molar-refractivity contribution in [2.24, 2.45) is 0 Å². The molecule has 22 heavy (non-hydrogen) atoms. The fourth-order valence-electron chi connectivity index (χ4n) is 2.63. The molecule has 2 heteroatoms. The van der Waals surface area contributed by atoms with Gasteiger partial charge in [0, 0.05) is 17.7 Å². The smallest absolute Gasteiger partial charge is 0.119 e. The molecule has 0 aromatic heterocycles. The number of rotatable bonds is 6. The first-order valence-corrected chi connectivity index (χ1v) is 7.53. The molecule has 108 valence electrons. The average Bonchev–Trinajstić information content (AvgIpc) is 3.01. The highest BCUT2D eigenvalue weighted by molar-refractivity contribution is 6.04. The second kappa shape index (κ2) is 5.57. The largest absolute Gasteiger partial charge is 0.489 e. The number of ether oxygens (including phenoxy) is 1. The maximum Gasteiger partial charge on any atom is 0.119 e. The quantitative estimate of drug-likeness (QED) is 0.547. The Labute approximate surface area is 130 Å². The summed E-state index contributed by atoms with van der Waals surface area (Å²) in [6.07, 6.45) is 0. The summed E-state index contributed by atoms with van der Waals surface area (Å²) in [7, 11) is 0. The van der Waals surface area contributed by atoms with E-state index in [-0.39, 0.29) is 0 Å². The number of hydrogen-bond acceptors (Lipinski definition) is 2. The predicted octanol–water partition coefficient (Wildman–Crippen LogP) is 4.86. The van der Waals surface area contributed by atoms with Crippen molar-refractivity contribution in [1.29, 1.82) is 0 Å². The normalized spacial score (nSPS) is 11.1. The summed E-state index contributed by atoms with van der Waals surface area (Å²) < 4.78 is 5.80. The molecule has 2 aliphatic carbocycles. The molecule has 0 saturated carbocycles. The van der Waals surface area contributed by atoms with Crippen LogP contribution in [0.1, 0.15) is 11.1 Å². The molecule has 0 amide bonds. The average molecular weight is 287 g/mol. The van der Waals surface area contributed by atoms with Crippen LogP contribution in [0, 0.1) is 0 Å². The topological polar surface area (TPSA) is 21.3 Å². The molecule has 4 rings (SSSR count). The number of nitrogens with one attached hydrogen (secondary N) is 1. The number of hydrogen-bond donors (Lipinski definition) is 1. The first-order chi connectivity index (χ1) is 10.9. The zero-order chi connectivity index (χ0) is 14.8. The van der Waals surface area contributed by atoms with Crippen LogP contribution in [-0.4, -0.2) is 0 Å². The van der Waals surface area contributed by atoms with E-state index in [4.69, 9.17) is 4.74 Å². The Balaban J connectivity index is 1.31. The third-order valence-electron chi connectivity index (χ3n) is 3.93.